The lowest BCUT2D eigenvalue weighted by molar-refractivity contribution is 0.0772. The first kappa shape index (κ1) is 19.0. The van der Waals surface area contributed by atoms with E-state index in [1.807, 2.05) is 20.8 Å². The fourth-order valence-electron chi connectivity index (χ4n) is 2.40. The van der Waals surface area contributed by atoms with Crippen molar-refractivity contribution in [1.29, 1.82) is 0 Å². The zero-order valence-corrected chi connectivity index (χ0v) is 15.6. The van der Waals surface area contributed by atoms with E-state index >= 15 is 0 Å². The van der Waals surface area contributed by atoms with Crippen LogP contribution in [0.5, 0.6) is 0 Å². The summed E-state index contributed by atoms with van der Waals surface area (Å²) in [6.45, 7) is 7.24. The maximum atomic E-state index is 12.5. The van der Waals surface area contributed by atoms with Crippen LogP contribution in [0.25, 0.3) is 0 Å². The molecule has 0 saturated carbocycles. The highest BCUT2D eigenvalue weighted by atomic mass is 32.2. The summed E-state index contributed by atoms with van der Waals surface area (Å²) in [5.74, 6) is 0.646. The summed E-state index contributed by atoms with van der Waals surface area (Å²) in [7, 11) is 0. The van der Waals surface area contributed by atoms with Crippen molar-refractivity contribution in [1.82, 2.24) is 9.88 Å². The van der Waals surface area contributed by atoms with Crippen LogP contribution in [0.4, 0.5) is 5.69 Å². The van der Waals surface area contributed by atoms with Gasteiger partial charge >= 0.3 is 0 Å². The molecule has 132 valence electrons. The Bertz CT molecular complexity index is 745. The van der Waals surface area contributed by atoms with Crippen LogP contribution in [0.3, 0.4) is 0 Å². The summed E-state index contributed by atoms with van der Waals surface area (Å²) < 4.78 is 0. The van der Waals surface area contributed by atoms with Crippen LogP contribution in [-0.2, 0) is 0 Å². The highest BCUT2D eigenvalue weighted by molar-refractivity contribution is 7.99. The maximum absolute atomic E-state index is 12.5. The standard InChI is InChI=1S/C19H23N3O2S/c1-4-22(5-2)19(24)15-8-7-9-16(12-15)21-18(23)14-10-11-20-17(13-14)25-6-3/h7-13H,4-6H2,1-3H3,(H,21,23). The van der Waals surface area contributed by atoms with Crippen LogP contribution in [0.15, 0.2) is 47.6 Å². The van der Waals surface area contributed by atoms with Crippen molar-refractivity contribution >= 4 is 29.3 Å². The van der Waals surface area contributed by atoms with Crippen LogP contribution >= 0.6 is 11.8 Å². The third-order valence-corrected chi connectivity index (χ3v) is 4.52. The number of anilines is 1. The first-order chi connectivity index (χ1) is 12.1. The lowest BCUT2D eigenvalue weighted by Crippen LogP contribution is -2.30. The number of rotatable bonds is 7. The fourth-order valence-corrected chi connectivity index (χ4v) is 3.05. The molecular formula is C19H23N3O2S. The van der Waals surface area contributed by atoms with Crippen molar-refractivity contribution in [3.63, 3.8) is 0 Å². The third-order valence-electron chi connectivity index (χ3n) is 3.71. The lowest BCUT2D eigenvalue weighted by atomic mass is 10.1. The molecule has 6 heteroatoms. The molecule has 2 rings (SSSR count). The monoisotopic (exact) mass is 357 g/mol. The van der Waals surface area contributed by atoms with Crippen molar-refractivity contribution in [3.05, 3.63) is 53.7 Å². The second kappa shape index (κ2) is 9.22. The largest absolute Gasteiger partial charge is 0.339 e. The first-order valence-electron chi connectivity index (χ1n) is 8.38. The Kier molecular flexibility index (Phi) is 7.01. The van der Waals surface area contributed by atoms with Gasteiger partial charge in [0.15, 0.2) is 0 Å². The molecule has 0 bridgehead atoms. The number of nitrogens with zero attached hydrogens (tertiary/aromatic N) is 2. The minimum absolute atomic E-state index is 0.0355. The van der Waals surface area contributed by atoms with Gasteiger partial charge in [-0.25, -0.2) is 4.98 Å². The Labute approximate surface area is 152 Å². The summed E-state index contributed by atoms with van der Waals surface area (Å²) in [6, 6.07) is 10.5. The molecule has 1 aromatic heterocycles. The molecule has 0 aliphatic rings. The third kappa shape index (κ3) is 5.06. The smallest absolute Gasteiger partial charge is 0.255 e. The van der Waals surface area contributed by atoms with E-state index in [9.17, 15) is 9.59 Å². The molecule has 0 aliphatic carbocycles. The molecule has 0 fully saturated rings. The summed E-state index contributed by atoms with van der Waals surface area (Å²) in [4.78, 5) is 30.9. The number of carbonyl (C=O) groups is 2. The fraction of sp³-hybridized carbons (Fsp3) is 0.316. The van der Waals surface area contributed by atoms with Gasteiger partial charge in [0.1, 0.15) is 0 Å². The van der Waals surface area contributed by atoms with Crippen LogP contribution < -0.4 is 5.32 Å². The van der Waals surface area contributed by atoms with Crippen molar-refractivity contribution in [2.24, 2.45) is 0 Å². The highest BCUT2D eigenvalue weighted by Gasteiger charge is 2.14. The van der Waals surface area contributed by atoms with Gasteiger partial charge in [-0.3, -0.25) is 9.59 Å². The minimum Gasteiger partial charge on any atom is -0.339 e. The number of nitrogens with one attached hydrogen (secondary N) is 1. The van der Waals surface area contributed by atoms with E-state index in [2.05, 4.69) is 10.3 Å². The average Bonchev–Trinajstić information content (AvgIpc) is 2.63. The zero-order valence-electron chi connectivity index (χ0n) is 14.8. The molecule has 5 nitrogen and oxygen atoms in total. The van der Waals surface area contributed by atoms with Crippen LogP contribution in [0.2, 0.25) is 0 Å². The predicted octanol–water partition coefficient (Wildman–Crippen LogP) is 3.93. The molecule has 0 atom stereocenters. The second-order valence-corrected chi connectivity index (χ2v) is 6.61. The van der Waals surface area contributed by atoms with Crippen molar-refractivity contribution in [2.45, 2.75) is 25.8 Å². The summed E-state index contributed by atoms with van der Waals surface area (Å²) in [5, 5.41) is 3.67. The normalized spacial score (nSPS) is 10.4. The molecule has 2 aromatic rings. The topological polar surface area (TPSA) is 62.3 Å². The van der Waals surface area contributed by atoms with E-state index in [-0.39, 0.29) is 11.8 Å². The van der Waals surface area contributed by atoms with Gasteiger partial charge < -0.3 is 10.2 Å². The van der Waals surface area contributed by atoms with E-state index in [4.69, 9.17) is 0 Å². The van der Waals surface area contributed by atoms with Gasteiger partial charge in [0.2, 0.25) is 0 Å². The quantitative estimate of drug-likeness (QED) is 0.763. The number of hydrogen-bond acceptors (Lipinski definition) is 4. The van der Waals surface area contributed by atoms with Gasteiger partial charge in [0, 0.05) is 36.1 Å². The van der Waals surface area contributed by atoms with Gasteiger partial charge in [-0.2, -0.15) is 0 Å². The number of pyridine rings is 1. The average molecular weight is 357 g/mol. The highest BCUT2D eigenvalue weighted by Crippen LogP contribution is 2.18. The minimum atomic E-state index is -0.215. The Balaban J connectivity index is 2.15. The number of carbonyl (C=O) groups excluding carboxylic acids is 2. The van der Waals surface area contributed by atoms with Crippen molar-refractivity contribution in [3.8, 4) is 0 Å². The van der Waals surface area contributed by atoms with Gasteiger partial charge in [-0.05, 0) is 49.9 Å². The maximum Gasteiger partial charge on any atom is 0.255 e. The van der Waals surface area contributed by atoms with Gasteiger partial charge in [0.05, 0.1) is 5.03 Å². The summed E-state index contributed by atoms with van der Waals surface area (Å²) in [6.07, 6.45) is 1.63. The SMILES string of the molecule is CCSc1cc(C(=O)Nc2cccc(C(=O)N(CC)CC)c2)ccn1. The van der Waals surface area contributed by atoms with Crippen LogP contribution in [-0.4, -0.2) is 40.5 Å². The second-order valence-electron chi connectivity index (χ2n) is 5.33. The molecule has 0 saturated heterocycles. The molecule has 1 heterocycles. The summed E-state index contributed by atoms with van der Waals surface area (Å²) in [5.41, 5.74) is 1.72. The zero-order chi connectivity index (χ0) is 18.2. The number of thioether (sulfide) groups is 1. The van der Waals surface area contributed by atoms with E-state index < -0.39 is 0 Å². The Morgan fingerprint density at radius 2 is 1.84 bits per heavy atom. The molecule has 0 unspecified atom stereocenters. The number of amides is 2. The Morgan fingerprint density at radius 1 is 1.08 bits per heavy atom. The Morgan fingerprint density at radius 3 is 2.52 bits per heavy atom. The van der Waals surface area contributed by atoms with Gasteiger partial charge in [-0.15, -0.1) is 11.8 Å². The van der Waals surface area contributed by atoms with Crippen molar-refractivity contribution < 1.29 is 9.59 Å². The lowest BCUT2D eigenvalue weighted by Gasteiger charge is -2.19. The van der Waals surface area contributed by atoms with Gasteiger partial charge in [0.25, 0.3) is 11.8 Å². The van der Waals surface area contributed by atoms with E-state index in [1.165, 1.54) is 0 Å². The molecule has 1 N–H and O–H groups in total. The van der Waals surface area contributed by atoms with Gasteiger partial charge in [-0.1, -0.05) is 13.0 Å². The Hall–Kier alpha value is -2.34. The summed E-state index contributed by atoms with van der Waals surface area (Å²) >= 11 is 1.59. The predicted molar refractivity (Wildman–Crippen MR) is 102 cm³/mol. The van der Waals surface area contributed by atoms with E-state index in [0.717, 1.165) is 10.8 Å². The van der Waals surface area contributed by atoms with E-state index in [1.54, 1.807) is 59.3 Å². The number of aromatic nitrogens is 1. The molecule has 0 radical (unpaired) electrons. The molecule has 0 spiro atoms. The first-order valence-corrected chi connectivity index (χ1v) is 9.37. The molecule has 0 aliphatic heterocycles. The molecule has 1 aromatic carbocycles. The number of hydrogen-bond donors (Lipinski definition) is 1. The molecular weight excluding hydrogens is 334 g/mol. The molecule has 25 heavy (non-hydrogen) atoms. The van der Waals surface area contributed by atoms with Crippen LogP contribution in [0, 0.1) is 0 Å². The van der Waals surface area contributed by atoms with Crippen molar-refractivity contribution in [2.75, 3.05) is 24.2 Å². The molecule has 2 amide bonds. The van der Waals surface area contributed by atoms with E-state index in [0.29, 0.717) is 29.9 Å². The van der Waals surface area contributed by atoms with Crippen LogP contribution in [0.1, 0.15) is 41.5 Å². The number of benzene rings is 1.